The van der Waals surface area contributed by atoms with Crippen LogP contribution in [0.15, 0.2) is 53.6 Å². The number of benzene rings is 3. The minimum atomic E-state index is -0.0510. The van der Waals surface area contributed by atoms with Crippen molar-refractivity contribution in [2.45, 2.75) is 0 Å². The van der Waals surface area contributed by atoms with Crippen LogP contribution in [0.1, 0.15) is 0 Å². The first-order chi connectivity index (χ1) is 9.27. The quantitative estimate of drug-likeness (QED) is 0.364. The minimum Gasteiger partial charge on any atom is -0.366 e. The van der Waals surface area contributed by atoms with E-state index in [0.717, 1.165) is 21.5 Å². The molecule has 0 radical (unpaired) electrons. The van der Waals surface area contributed by atoms with Crippen molar-refractivity contribution in [1.82, 2.24) is 4.98 Å². The van der Waals surface area contributed by atoms with Gasteiger partial charge in [0.2, 0.25) is 0 Å². The summed E-state index contributed by atoms with van der Waals surface area (Å²) in [6, 6.07) is 11.1. The Labute approximate surface area is 108 Å². The number of aromatic nitrogens is 1. The van der Waals surface area contributed by atoms with E-state index in [9.17, 15) is 4.79 Å². The SMILES string of the molecule is N=c1ccc2c[nH]cc3c4ccccc4c(=O)c1c23. The highest BCUT2D eigenvalue weighted by atomic mass is 16.1. The summed E-state index contributed by atoms with van der Waals surface area (Å²) in [7, 11) is 0. The summed E-state index contributed by atoms with van der Waals surface area (Å²) in [4.78, 5) is 15.7. The Bertz CT molecular complexity index is 1050. The van der Waals surface area contributed by atoms with Gasteiger partial charge in [-0.1, -0.05) is 30.3 Å². The molecule has 0 bridgehead atoms. The van der Waals surface area contributed by atoms with Gasteiger partial charge >= 0.3 is 0 Å². The third-order valence-corrected chi connectivity index (χ3v) is 3.66. The van der Waals surface area contributed by atoms with Gasteiger partial charge in [-0.15, -0.1) is 0 Å². The van der Waals surface area contributed by atoms with Crippen LogP contribution in [0.3, 0.4) is 0 Å². The summed E-state index contributed by atoms with van der Waals surface area (Å²) >= 11 is 0. The van der Waals surface area contributed by atoms with Crippen molar-refractivity contribution in [2.75, 3.05) is 0 Å². The van der Waals surface area contributed by atoms with Crippen LogP contribution in [0.25, 0.3) is 32.3 Å². The maximum Gasteiger partial charge on any atom is 0.196 e. The van der Waals surface area contributed by atoms with E-state index in [0.29, 0.717) is 16.1 Å². The van der Waals surface area contributed by atoms with Crippen LogP contribution in [0.4, 0.5) is 0 Å². The molecule has 0 aliphatic carbocycles. The third kappa shape index (κ3) is 1.21. The third-order valence-electron chi connectivity index (χ3n) is 3.66. The molecule has 1 aromatic heterocycles. The molecule has 3 heteroatoms. The van der Waals surface area contributed by atoms with E-state index in [4.69, 9.17) is 5.41 Å². The van der Waals surface area contributed by atoms with E-state index in [1.165, 1.54) is 0 Å². The zero-order valence-corrected chi connectivity index (χ0v) is 10.0. The molecule has 0 saturated heterocycles. The molecule has 3 nitrogen and oxygen atoms in total. The molecule has 3 aromatic carbocycles. The fourth-order valence-electron chi connectivity index (χ4n) is 2.82. The zero-order chi connectivity index (χ0) is 13.0. The van der Waals surface area contributed by atoms with Gasteiger partial charge in [-0.3, -0.25) is 4.79 Å². The Hall–Kier alpha value is -2.68. The first kappa shape index (κ1) is 10.3. The Morgan fingerprint density at radius 1 is 0.842 bits per heavy atom. The number of aromatic amines is 1. The Morgan fingerprint density at radius 3 is 2.47 bits per heavy atom. The van der Waals surface area contributed by atoms with Crippen molar-refractivity contribution in [1.29, 1.82) is 5.41 Å². The molecule has 0 atom stereocenters. The maximum atomic E-state index is 12.6. The smallest absolute Gasteiger partial charge is 0.196 e. The van der Waals surface area contributed by atoms with Crippen molar-refractivity contribution >= 4 is 32.3 Å². The van der Waals surface area contributed by atoms with E-state index in [-0.39, 0.29) is 5.43 Å². The molecule has 0 fully saturated rings. The van der Waals surface area contributed by atoms with Crippen LogP contribution in [0, 0.1) is 5.41 Å². The Kier molecular flexibility index (Phi) is 1.85. The molecule has 0 amide bonds. The lowest BCUT2D eigenvalue weighted by molar-refractivity contribution is 1.30. The van der Waals surface area contributed by atoms with Gasteiger partial charge in [-0.2, -0.15) is 0 Å². The van der Waals surface area contributed by atoms with E-state index >= 15 is 0 Å². The lowest BCUT2D eigenvalue weighted by Gasteiger charge is -2.08. The topological polar surface area (TPSA) is 56.7 Å². The van der Waals surface area contributed by atoms with Gasteiger partial charge in [0.05, 0.1) is 10.7 Å². The van der Waals surface area contributed by atoms with Gasteiger partial charge in [0.15, 0.2) is 5.43 Å². The lowest BCUT2D eigenvalue weighted by atomic mass is 9.96. The molecular formula is C16H10N2O. The predicted molar refractivity (Wildman–Crippen MR) is 76.6 cm³/mol. The lowest BCUT2D eigenvalue weighted by Crippen LogP contribution is -2.13. The fourth-order valence-corrected chi connectivity index (χ4v) is 2.82. The van der Waals surface area contributed by atoms with Gasteiger partial charge in [0, 0.05) is 28.6 Å². The number of pyridine rings is 1. The maximum absolute atomic E-state index is 12.6. The summed E-state index contributed by atoms with van der Waals surface area (Å²) < 4.78 is 0. The van der Waals surface area contributed by atoms with Crippen molar-refractivity contribution in [3.63, 3.8) is 0 Å². The molecular weight excluding hydrogens is 236 g/mol. The highest BCUT2D eigenvalue weighted by molar-refractivity contribution is 6.20. The minimum absolute atomic E-state index is 0.0510. The molecule has 0 saturated carbocycles. The number of fused-ring (bicyclic) bond motifs is 2. The monoisotopic (exact) mass is 246 g/mol. The van der Waals surface area contributed by atoms with Crippen molar-refractivity contribution in [3.05, 3.63) is 64.4 Å². The number of H-pyrrole nitrogens is 1. The number of hydrogen-bond donors (Lipinski definition) is 2. The molecule has 19 heavy (non-hydrogen) atoms. The van der Waals surface area contributed by atoms with E-state index in [1.807, 2.05) is 42.7 Å². The second-order valence-electron chi connectivity index (χ2n) is 4.70. The zero-order valence-electron chi connectivity index (χ0n) is 10.0. The molecule has 1 heterocycles. The van der Waals surface area contributed by atoms with Gasteiger partial charge < -0.3 is 10.4 Å². The van der Waals surface area contributed by atoms with Gasteiger partial charge in [-0.25, -0.2) is 0 Å². The first-order valence-electron chi connectivity index (χ1n) is 6.10. The molecule has 4 rings (SSSR count). The average Bonchev–Trinajstić information content (AvgIpc) is 2.45. The summed E-state index contributed by atoms with van der Waals surface area (Å²) in [5.41, 5.74) is -0.0510. The number of nitrogens with one attached hydrogen (secondary N) is 2. The van der Waals surface area contributed by atoms with E-state index in [1.54, 1.807) is 6.07 Å². The van der Waals surface area contributed by atoms with Crippen molar-refractivity contribution < 1.29 is 0 Å². The largest absolute Gasteiger partial charge is 0.366 e. The molecule has 0 spiro atoms. The molecule has 90 valence electrons. The summed E-state index contributed by atoms with van der Waals surface area (Å²) in [6.07, 6.45) is 3.76. The standard InChI is InChI=1S/C16H10N2O/c17-13-6-5-9-7-18-8-12-10-3-1-2-4-11(10)16(19)15(13)14(9)12/h1-8,17-18H. The molecule has 0 aliphatic heterocycles. The number of hydrogen-bond acceptors (Lipinski definition) is 2. The van der Waals surface area contributed by atoms with E-state index < -0.39 is 0 Å². The number of rotatable bonds is 0. The first-order valence-corrected chi connectivity index (χ1v) is 6.10. The average molecular weight is 246 g/mol. The highest BCUT2D eigenvalue weighted by Crippen LogP contribution is 2.27. The molecule has 4 aromatic rings. The Balaban J connectivity index is 2.57. The van der Waals surface area contributed by atoms with Gasteiger partial charge in [0.1, 0.15) is 0 Å². The second-order valence-corrected chi connectivity index (χ2v) is 4.70. The van der Waals surface area contributed by atoms with Crippen LogP contribution >= 0.6 is 0 Å². The van der Waals surface area contributed by atoms with Gasteiger partial charge in [-0.05, 0) is 16.8 Å². The summed E-state index contributed by atoms with van der Waals surface area (Å²) in [5.74, 6) is 0. The van der Waals surface area contributed by atoms with Crippen LogP contribution in [-0.2, 0) is 0 Å². The molecule has 0 unspecified atom stereocenters. The fraction of sp³-hybridized carbons (Fsp3) is 0. The van der Waals surface area contributed by atoms with Gasteiger partial charge in [0.25, 0.3) is 0 Å². The van der Waals surface area contributed by atoms with Crippen LogP contribution in [0.2, 0.25) is 0 Å². The normalized spacial score (nSPS) is 11.6. The predicted octanol–water partition coefficient (Wildman–Crippen LogP) is 2.75. The van der Waals surface area contributed by atoms with Crippen LogP contribution < -0.4 is 10.8 Å². The van der Waals surface area contributed by atoms with Crippen molar-refractivity contribution in [2.24, 2.45) is 0 Å². The molecule has 2 N–H and O–H groups in total. The highest BCUT2D eigenvalue weighted by Gasteiger charge is 2.12. The van der Waals surface area contributed by atoms with Crippen LogP contribution in [0.5, 0.6) is 0 Å². The second kappa shape index (κ2) is 3.42. The Morgan fingerprint density at radius 2 is 1.63 bits per heavy atom. The van der Waals surface area contributed by atoms with Crippen molar-refractivity contribution in [3.8, 4) is 0 Å². The summed E-state index contributed by atoms with van der Waals surface area (Å²) in [5, 5.41) is 13.3. The molecule has 0 aliphatic rings. The summed E-state index contributed by atoms with van der Waals surface area (Å²) in [6.45, 7) is 0. The van der Waals surface area contributed by atoms with E-state index in [2.05, 4.69) is 4.98 Å². The van der Waals surface area contributed by atoms with Crippen LogP contribution in [-0.4, -0.2) is 4.98 Å².